The maximum absolute atomic E-state index is 12.1. The molecule has 1 heterocycles. The Kier molecular flexibility index (Phi) is 5.52. The fourth-order valence-corrected chi connectivity index (χ4v) is 3.08. The zero-order chi connectivity index (χ0) is 13.8. The summed E-state index contributed by atoms with van der Waals surface area (Å²) in [7, 11) is -3.62. The molecule has 18 heavy (non-hydrogen) atoms. The van der Waals surface area contributed by atoms with Crippen LogP contribution in [-0.4, -0.2) is 26.0 Å². The van der Waals surface area contributed by atoms with E-state index in [9.17, 15) is 8.42 Å². The lowest BCUT2D eigenvalue weighted by Crippen LogP contribution is -2.41. The summed E-state index contributed by atoms with van der Waals surface area (Å²) >= 11 is 5.73. The van der Waals surface area contributed by atoms with Gasteiger partial charge in [0.1, 0.15) is 4.90 Å². The maximum Gasteiger partial charge on any atom is 0.242 e. The molecule has 1 rings (SSSR count). The van der Waals surface area contributed by atoms with Crippen LogP contribution in [0.5, 0.6) is 0 Å². The van der Waals surface area contributed by atoms with Crippen molar-refractivity contribution in [3.8, 4) is 0 Å². The summed E-state index contributed by atoms with van der Waals surface area (Å²) in [5.74, 6) is 0.360. The molecule has 0 bridgehead atoms. The number of nitrogens with two attached hydrogens (primary N) is 1. The van der Waals surface area contributed by atoms with E-state index in [4.69, 9.17) is 17.3 Å². The summed E-state index contributed by atoms with van der Waals surface area (Å²) in [4.78, 5) is 3.82. The SMILES string of the molecule is CC(C)CC(CN)NS(=O)(=O)c1cncc(Cl)c1. The van der Waals surface area contributed by atoms with Crippen LogP contribution in [0.2, 0.25) is 5.02 Å². The van der Waals surface area contributed by atoms with Crippen molar-refractivity contribution in [2.75, 3.05) is 6.54 Å². The predicted octanol–water partition coefficient (Wildman–Crippen LogP) is 1.39. The standard InChI is InChI=1S/C11H18ClN3O2S/c1-8(2)3-10(5-13)15-18(16,17)11-4-9(12)6-14-7-11/h4,6-8,10,15H,3,5,13H2,1-2H3. The molecule has 0 spiro atoms. The summed E-state index contributed by atoms with van der Waals surface area (Å²) in [6, 6.07) is 1.08. The van der Waals surface area contributed by atoms with Gasteiger partial charge in [-0.2, -0.15) is 0 Å². The Morgan fingerprint density at radius 3 is 2.61 bits per heavy atom. The molecule has 3 N–H and O–H groups in total. The molecule has 0 aliphatic carbocycles. The fourth-order valence-electron chi connectivity index (χ4n) is 1.59. The number of hydrogen-bond donors (Lipinski definition) is 2. The minimum absolute atomic E-state index is 0.0530. The Hall–Kier alpha value is -0.690. The van der Waals surface area contributed by atoms with Crippen LogP contribution in [-0.2, 0) is 10.0 Å². The van der Waals surface area contributed by atoms with Gasteiger partial charge in [0.15, 0.2) is 0 Å². The second-order valence-corrected chi connectivity index (χ2v) is 6.67. The number of nitrogens with one attached hydrogen (secondary N) is 1. The van der Waals surface area contributed by atoms with Crippen LogP contribution >= 0.6 is 11.6 Å². The molecule has 1 aromatic heterocycles. The van der Waals surface area contributed by atoms with Gasteiger partial charge in [-0.1, -0.05) is 25.4 Å². The minimum Gasteiger partial charge on any atom is -0.329 e. The third kappa shape index (κ3) is 4.53. The van der Waals surface area contributed by atoms with Crippen LogP contribution in [0, 0.1) is 5.92 Å². The first kappa shape index (κ1) is 15.4. The fraction of sp³-hybridized carbons (Fsp3) is 0.545. The van der Waals surface area contributed by atoms with Gasteiger partial charge in [0, 0.05) is 25.0 Å². The summed E-state index contributed by atoms with van der Waals surface area (Å²) in [5.41, 5.74) is 5.57. The molecule has 0 aliphatic heterocycles. The number of pyridine rings is 1. The molecule has 0 fully saturated rings. The molecule has 0 radical (unpaired) electrons. The molecule has 5 nitrogen and oxygen atoms in total. The van der Waals surface area contributed by atoms with E-state index in [2.05, 4.69) is 9.71 Å². The van der Waals surface area contributed by atoms with E-state index in [0.29, 0.717) is 12.3 Å². The Morgan fingerprint density at radius 1 is 1.44 bits per heavy atom. The first-order valence-corrected chi connectivity index (χ1v) is 7.54. The maximum atomic E-state index is 12.1. The van der Waals surface area contributed by atoms with E-state index in [-0.39, 0.29) is 22.5 Å². The quantitative estimate of drug-likeness (QED) is 0.829. The van der Waals surface area contributed by atoms with E-state index in [1.807, 2.05) is 13.8 Å². The van der Waals surface area contributed by atoms with E-state index in [1.165, 1.54) is 18.5 Å². The van der Waals surface area contributed by atoms with Gasteiger partial charge in [0.05, 0.1) is 5.02 Å². The zero-order valence-electron chi connectivity index (χ0n) is 10.4. The van der Waals surface area contributed by atoms with E-state index < -0.39 is 10.0 Å². The number of halogens is 1. The van der Waals surface area contributed by atoms with Gasteiger partial charge in [-0.05, 0) is 18.4 Å². The average molecular weight is 292 g/mol. The zero-order valence-corrected chi connectivity index (χ0v) is 12.0. The van der Waals surface area contributed by atoms with Crippen molar-refractivity contribution in [3.05, 3.63) is 23.5 Å². The Balaban J connectivity index is 2.87. The van der Waals surface area contributed by atoms with Gasteiger partial charge in [-0.15, -0.1) is 0 Å². The van der Waals surface area contributed by atoms with Gasteiger partial charge in [-0.25, -0.2) is 13.1 Å². The molecule has 1 atom stereocenters. The van der Waals surface area contributed by atoms with Crippen LogP contribution in [0.3, 0.4) is 0 Å². The van der Waals surface area contributed by atoms with Crippen molar-refractivity contribution in [1.82, 2.24) is 9.71 Å². The van der Waals surface area contributed by atoms with Crippen LogP contribution in [0.25, 0.3) is 0 Å². The van der Waals surface area contributed by atoms with Gasteiger partial charge >= 0.3 is 0 Å². The number of sulfonamides is 1. The second-order valence-electron chi connectivity index (χ2n) is 4.52. The highest BCUT2D eigenvalue weighted by molar-refractivity contribution is 7.89. The lowest BCUT2D eigenvalue weighted by atomic mass is 10.1. The lowest BCUT2D eigenvalue weighted by molar-refractivity contribution is 0.465. The van der Waals surface area contributed by atoms with Crippen LogP contribution in [0.15, 0.2) is 23.4 Å². The van der Waals surface area contributed by atoms with Crippen LogP contribution in [0.1, 0.15) is 20.3 Å². The van der Waals surface area contributed by atoms with Gasteiger partial charge < -0.3 is 5.73 Å². The van der Waals surface area contributed by atoms with Gasteiger partial charge in [0.25, 0.3) is 0 Å². The van der Waals surface area contributed by atoms with Crippen molar-refractivity contribution >= 4 is 21.6 Å². The van der Waals surface area contributed by atoms with Crippen molar-refractivity contribution < 1.29 is 8.42 Å². The summed E-state index contributed by atoms with van der Waals surface area (Å²) in [6.45, 7) is 4.28. The summed E-state index contributed by atoms with van der Waals surface area (Å²) < 4.78 is 26.7. The molecule has 0 saturated carbocycles. The normalized spacial score (nSPS) is 13.8. The molecular formula is C11H18ClN3O2S. The van der Waals surface area contributed by atoms with Crippen molar-refractivity contribution in [1.29, 1.82) is 0 Å². The lowest BCUT2D eigenvalue weighted by Gasteiger charge is -2.18. The highest BCUT2D eigenvalue weighted by atomic mass is 35.5. The molecule has 0 amide bonds. The summed E-state index contributed by atoms with van der Waals surface area (Å²) in [5, 5.41) is 0.283. The molecule has 0 saturated heterocycles. The molecular weight excluding hydrogens is 274 g/mol. The topological polar surface area (TPSA) is 85.1 Å². The Labute approximate surface area is 113 Å². The molecule has 102 valence electrons. The third-order valence-corrected chi connectivity index (χ3v) is 4.05. The van der Waals surface area contributed by atoms with Crippen LogP contribution in [0.4, 0.5) is 0 Å². The smallest absolute Gasteiger partial charge is 0.242 e. The number of aromatic nitrogens is 1. The minimum atomic E-state index is -3.62. The molecule has 1 unspecified atom stereocenters. The Morgan fingerprint density at radius 2 is 2.11 bits per heavy atom. The average Bonchev–Trinajstić information content (AvgIpc) is 2.27. The molecule has 0 aliphatic rings. The van der Waals surface area contributed by atoms with Crippen molar-refractivity contribution in [2.24, 2.45) is 11.7 Å². The number of hydrogen-bond acceptors (Lipinski definition) is 4. The van der Waals surface area contributed by atoms with Crippen LogP contribution < -0.4 is 10.5 Å². The first-order chi connectivity index (χ1) is 8.35. The molecule has 0 aromatic carbocycles. The summed E-state index contributed by atoms with van der Waals surface area (Å²) in [6.07, 6.45) is 3.33. The Bertz CT molecular complexity index is 491. The predicted molar refractivity (Wildman–Crippen MR) is 71.9 cm³/mol. The van der Waals surface area contributed by atoms with Gasteiger partial charge in [0.2, 0.25) is 10.0 Å². The van der Waals surface area contributed by atoms with E-state index in [1.54, 1.807) is 0 Å². The number of rotatable bonds is 6. The highest BCUT2D eigenvalue weighted by Crippen LogP contribution is 2.15. The van der Waals surface area contributed by atoms with E-state index in [0.717, 1.165) is 0 Å². The first-order valence-electron chi connectivity index (χ1n) is 5.68. The monoisotopic (exact) mass is 291 g/mol. The number of nitrogens with zero attached hydrogens (tertiary/aromatic N) is 1. The van der Waals surface area contributed by atoms with Crippen molar-refractivity contribution in [3.63, 3.8) is 0 Å². The molecule has 1 aromatic rings. The largest absolute Gasteiger partial charge is 0.329 e. The van der Waals surface area contributed by atoms with Gasteiger partial charge in [-0.3, -0.25) is 4.98 Å². The highest BCUT2D eigenvalue weighted by Gasteiger charge is 2.20. The third-order valence-electron chi connectivity index (χ3n) is 2.35. The van der Waals surface area contributed by atoms with E-state index >= 15 is 0 Å². The van der Waals surface area contributed by atoms with Crippen molar-refractivity contribution in [2.45, 2.75) is 31.2 Å². The molecule has 7 heteroatoms. The second kappa shape index (κ2) is 6.47.